The molecule has 3 N–H and O–H groups in total. The quantitative estimate of drug-likeness (QED) is 0.306. The molecule has 0 bridgehead atoms. The fourth-order valence-corrected chi connectivity index (χ4v) is 4.62. The SMILES string of the molecule is COc1ccc(CN2NNC(Cn3nc(C)c4c(Cl)c(C(=O)Nc5ccc(OC)cc5)cnc43)=C2C)cc1. The van der Waals surface area contributed by atoms with Crippen LogP contribution in [0.5, 0.6) is 11.5 Å². The van der Waals surface area contributed by atoms with Crippen LogP contribution in [0, 0.1) is 6.92 Å². The van der Waals surface area contributed by atoms with Gasteiger partial charge in [-0.25, -0.2) is 9.67 Å². The van der Waals surface area contributed by atoms with E-state index in [-0.39, 0.29) is 11.5 Å². The number of halogens is 1. The van der Waals surface area contributed by atoms with E-state index in [4.69, 9.17) is 21.1 Å². The first-order valence-electron chi connectivity index (χ1n) is 12.0. The van der Waals surface area contributed by atoms with Crippen LogP contribution in [-0.2, 0) is 13.1 Å². The Morgan fingerprint density at radius 2 is 1.66 bits per heavy atom. The molecule has 0 saturated heterocycles. The maximum atomic E-state index is 13.0. The fraction of sp³-hybridized carbons (Fsp3) is 0.222. The number of allylic oxidation sites excluding steroid dienone is 2. The lowest BCUT2D eigenvalue weighted by atomic mass is 10.2. The molecule has 1 aliphatic rings. The van der Waals surface area contributed by atoms with Gasteiger partial charge in [0.15, 0.2) is 5.65 Å². The Hall–Kier alpha value is -4.28. The molecule has 2 aromatic carbocycles. The van der Waals surface area contributed by atoms with E-state index < -0.39 is 0 Å². The third-order valence-electron chi connectivity index (χ3n) is 6.46. The van der Waals surface area contributed by atoms with Gasteiger partial charge in [0.2, 0.25) is 0 Å². The number of hydrogen-bond donors (Lipinski definition) is 3. The number of carbonyl (C=O) groups excluding carboxylic acids is 1. The molecule has 0 atom stereocenters. The van der Waals surface area contributed by atoms with Gasteiger partial charge in [0.25, 0.3) is 5.91 Å². The Kier molecular flexibility index (Phi) is 7.08. The average Bonchev–Trinajstić information content (AvgIpc) is 3.44. The van der Waals surface area contributed by atoms with E-state index >= 15 is 0 Å². The van der Waals surface area contributed by atoms with Crippen LogP contribution in [-0.4, -0.2) is 39.9 Å². The van der Waals surface area contributed by atoms with Gasteiger partial charge >= 0.3 is 0 Å². The standard InChI is InChI=1S/C27H28ClN7O3/c1-16-24-25(28)22(27(36)30-19-7-11-21(38-4)12-8-19)13-29-26(24)35(32-16)15-23-17(2)34(33-31-23)14-18-5-9-20(37-3)10-6-18/h5-13,31,33H,14-15H2,1-4H3,(H,30,36). The van der Waals surface area contributed by atoms with Crippen molar-refractivity contribution < 1.29 is 14.3 Å². The molecule has 1 amide bonds. The first kappa shape index (κ1) is 25.4. The fourth-order valence-electron chi connectivity index (χ4n) is 4.26. The van der Waals surface area contributed by atoms with Gasteiger partial charge in [-0.15, -0.1) is 5.53 Å². The van der Waals surface area contributed by atoms with Gasteiger partial charge in [-0.05, 0) is 55.8 Å². The number of aromatic nitrogens is 3. The van der Waals surface area contributed by atoms with Crippen molar-refractivity contribution in [3.8, 4) is 11.5 Å². The Morgan fingerprint density at radius 1 is 1.00 bits per heavy atom. The van der Waals surface area contributed by atoms with Crippen molar-refractivity contribution in [1.29, 1.82) is 0 Å². The zero-order chi connectivity index (χ0) is 26.8. The number of anilines is 1. The summed E-state index contributed by atoms with van der Waals surface area (Å²) in [7, 11) is 3.24. The second-order valence-electron chi connectivity index (χ2n) is 8.85. The summed E-state index contributed by atoms with van der Waals surface area (Å²) in [5.41, 5.74) is 11.7. The highest BCUT2D eigenvalue weighted by atomic mass is 35.5. The third kappa shape index (κ3) is 4.96. The molecule has 1 aliphatic heterocycles. The number of nitrogens with one attached hydrogen (secondary N) is 3. The van der Waals surface area contributed by atoms with Crippen molar-refractivity contribution in [3.05, 3.63) is 88.0 Å². The number of fused-ring (bicyclic) bond motifs is 1. The topological polar surface area (TPSA) is 106 Å². The zero-order valence-electron chi connectivity index (χ0n) is 21.5. The molecule has 11 heteroatoms. The van der Waals surface area contributed by atoms with Gasteiger partial charge in [-0.2, -0.15) is 5.10 Å². The molecule has 3 heterocycles. The van der Waals surface area contributed by atoms with Gasteiger partial charge in [0.05, 0.1) is 60.4 Å². The maximum Gasteiger partial charge on any atom is 0.258 e. The number of pyridine rings is 1. The van der Waals surface area contributed by atoms with Crippen molar-refractivity contribution in [1.82, 2.24) is 30.7 Å². The molecular weight excluding hydrogens is 506 g/mol. The predicted octanol–water partition coefficient (Wildman–Crippen LogP) is 4.42. The smallest absolute Gasteiger partial charge is 0.258 e. The molecular formula is C27H28ClN7O3. The summed E-state index contributed by atoms with van der Waals surface area (Å²) in [6, 6.07) is 15.0. The first-order chi connectivity index (χ1) is 18.4. The van der Waals surface area contributed by atoms with Gasteiger partial charge in [0, 0.05) is 11.9 Å². The summed E-state index contributed by atoms with van der Waals surface area (Å²) in [6.45, 7) is 5.01. The van der Waals surface area contributed by atoms with Gasteiger partial charge in [0.1, 0.15) is 11.5 Å². The zero-order valence-corrected chi connectivity index (χ0v) is 22.3. The van der Waals surface area contributed by atoms with Crippen LogP contribution in [0.25, 0.3) is 11.0 Å². The first-order valence-corrected chi connectivity index (χ1v) is 12.3. The molecule has 0 unspecified atom stereocenters. The minimum Gasteiger partial charge on any atom is -0.497 e. The van der Waals surface area contributed by atoms with Crippen LogP contribution >= 0.6 is 11.6 Å². The van der Waals surface area contributed by atoms with Crippen LogP contribution in [0.3, 0.4) is 0 Å². The summed E-state index contributed by atoms with van der Waals surface area (Å²) in [6.07, 6.45) is 1.48. The number of aryl methyl sites for hydroxylation is 1. The Labute approximate surface area is 225 Å². The number of nitrogens with zero attached hydrogens (tertiary/aromatic N) is 4. The van der Waals surface area contributed by atoms with Crippen LogP contribution < -0.4 is 25.8 Å². The Balaban J connectivity index is 1.35. The van der Waals surface area contributed by atoms with Crippen LogP contribution in [0.4, 0.5) is 5.69 Å². The normalized spacial score (nSPS) is 13.1. The van der Waals surface area contributed by atoms with Crippen molar-refractivity contribution in [2.24, 2.45) is 0 Å². The molecule has 5 rings (SSSR count). The molecule has 38 heavy (non-hydrogen) atoms. The minimum absolute atomic E-state index is 0.277. The van der Waals surface area contributed by atoms with Crippen LogP contribution in [0.15, 0.2) is 66.1 Å². The number of rotatable bonds is 8. The number of amides is 1. The van der Waals surface area contributed by atoms with E-state index in [9.17, 15) is 4.79 Å². The summed E-state index contributed by atoms with van der Waals surface area (Å²) >= 11 is 6.72. The Bertz CT molecular complexity index is 1510. The lowest BCUT2D eigenvalue weighted by molar-refractivity contribution is 0.102. The van der Waals surface area contributed by atoms with E-state index in [0.29, 0.717) is 46.3 Å². The van der Waals surface area contributed by atoms with Crippen molar-refractivity contribution in [2.45, 2.75) is 26.9 Å². The number of hydrazine groups is 2. The number of hydrogen-bond acceptors (Lipinski definition) is 8. The average molecular weight is 534 g/mol. The largest absolute Gasteiger partial charge is 0.497 e. The van der Waals surface area contributed by atoms with Crippen LogP contribution in [0.2, 0.25) is 5.02 Å². The summed E-state index contributed by atoms with van der Waals surface area (Å²) in [5.74, 6) is 1.17. The second kappa shape index (κ2) is 10.6. The van der Waals surface area contributed by atoms with E-state index in [1.165, 1.54) is 6.20 Å². The third-order valence-corrected chi connectivity index (χ3v) is 6.85. The van der Waals surface area contributed by atoms with Crippen molar-refractivity contribution >= 4 is 34.2 Å². The van der Waals surface area contributed by atoms with E-state index in [0.717, 1.165) is 22.7 Å². The maximum absolute atomic E-state index is 13.0. The molecule has 2 aromatic heterocycles. The molecule has 196 valence electrons. The molecule has 0 aliphatic carbocycles. The summed E-state index contributed by atoms with van der Waals surface area (Å²) in [4.78, 5) is 17.5. The number of benzene rings is 2. The number of ether oxygens (including phenoxy) is 2. The van der Waals surface area contributed by atoms with E-state index in [2.05, 4.69) is 26.4 Å². The molecule has 0 spiro atoms. The number of carbonyl (C=O) groups is 1. The summed E-state index contributed by atoms with van der Waals surface area (Å²) < 4.78 is 12.2. The molecule has 0 fully saturated rings. The predicted molar refractivity (Wildman–Crippen MR) is 146 cm³/mol. The molecule has 0 radical (unpaired) electrons. The highest BCUT2D eigenvalue weighted by Gasteiger charge is 2.23. The molecule has 4 aromatic rings. The van der Waals surface area contributed by atoms with E-state index in [1.54, 1.807) is 43.2 Å². The van der Waals surface area contributed by atoms with Crippen molar-refractivity contribution in [2.75, 3.05) is 19.5 Å². The Morgan fingerprint density at radius 3 is 2.32 bits per heavy atom. The lowest BCUT2D eigenvalue weighted by Gasteiger charge is -2.19. The van der Waals surface area contributed by atoms with Gasteiger partial charge < -0.3 is 20.2 Å². The van der Waals surface area contributed by atoms with Crippen LogP contribution in [0.1, 0.15) is 28.5 Å². The highest BCUT2D eigenvalue weighted by molar-refractivity contribution is 6.39. The minimum atomic E-state index is -0.351. The van der Waals surface area contributed by atoms with Gasteiger partial charge in [-0.1, -0.05) is 23.7 Å². The van der Waals surface area contributed by atoms with Crippen molar-refractivity contribution in [3.63, 3.8) is 0 Å². The monoisotopic (exact) mass is 533 g/mol. The number of methoxy groups -OCH3 is 2. The van der Waals surface area contributed by atoms with E-state index in [1.807, 2.05) is 43.1 Å². The second-order valence-corrected chi connectivity index (χ2v) is 9.22. The lowest BCUT2D eigenvalue weighted by Crippen LogP contribution is -2.37. The summed E-state index contributed by atoms with van der Waals surface area (Å²) in [5, 5.41) is 10.5. The molecule has 0 saturated carbocycles. The molecule has 10 nitrogen and oxygen atoms in total. The van der Waals surface area contributed by atoms with Gasteiger partial charge in [-0.3, -0.25) is 9.80 Å². The highest BCUT2D eigenvalue weighted by Crippen LogP contribution is 2.30.